The summed E-state index contributed by atoms with van der Waals surface area (Å²) in [6.07, 6.45) is 0. The third-order valence-corrected chi connectivity index (χ3v) is 5.54. The highest BCUT2D eigenvalue weighted by Gasteiger charge is 2.30. The van der Waals surface area contributed by atoms with Crippen molar-refractivity contribution in [1.82, 2.24) is 0 Å². The van der Waals surface area contributed by atoms with Crippen molar-refractivity contribution in [3.63, 3.8) is 0 Å². The zero-order valence-electron chi connectivity index (χ0n) is 11.0. The Kier molecular flexibility index (Phi) is 4.81. The molecular weight excluding hydrogens is 288 g/mol. The van der Waals surface area contributed by atoms with Crippen molar-refractivity contribution in [2.75, 3.05) is 11.1 Å². The fraction of sp³-hybridized carbons (Fsp3) is 0.417. The van der Waals surface area contributed by atoms with Crippen LogP contribution >= 0.6 is 11.6 Å². The van der Waals surface area contributed by atoms with Gasteiger partial charge in [-0.25, -0.2) is 8.42 Å². The van der Waals surface area contributed by atoms with Gasteiger partial charge in [-0.2, -0.15) is 0 Å². The first-order chi connectivity index (χ1) is 8.66. The maximum atomic E-state index is 11.9. The Balaban J connectivity index is 2.92. The number of nitrogens with one attached hydrogen (secondary N) is 1. The van der Waals surface area contributed by atoms with Gasteiger partial charge in [-0.1, -0.05) is 11.6 Å². The van der Waals surface area contributed by atoms with E-state index in [9.17, 15) is 13.2 Å². The summed E-state index contributed by atoms with van der Waals surface area (Å²) in [5, 5.41) is 1.19. The molecule has 0 bridgehead atoms. The SMILES string of the molecule is CC(C)S(=O)(=O)C(C)C(=O)Nc1ccc(Cl)cc1N. The van der Waals surface area contributed by atoms with E-state index in [-0.39, 0.29) is 5.69 Å². The molecule has 0 radical (unpaired) electrons. The Morgan fingerprint density at radius 3 is 2.37 bits per heavy atom. The molecule has 0 aromatic heterocycles. The number of amides is 1. The van der Waals surface area contributed by atoms with E-state index >= 15 is 0 Å². The zero-order chi connectivity index (χ0) is 14.8. The van der Waals surface area contributed by atoms with Gasteiger partial charge in [0.1, 0.15) is 5.25 Å². The highest BCUT2D eigenvalue weighted by Crippen LogP contribution is 2.23. The number of benzene rings is 1. The van der Waals surface area contributed by atoms with Crippen LogP contribution < -0.4 is 11.1 Å². The minimum Gasteiger partial charge on any atom is -0.397 e. The lowest BCUT2D eigenvalue weighted by atomic mass is 10.2. The smallest absolute Gasteiger partial charge is 0.242 e. The van der Waals surface area contributed by atoms with E-state index < -0.39 is 26.2 Å². The van der Waals surface area contributed by atoms with Crippen LogP contribution in [0.1, 0.15) is 20.8 Å². The van der Waals surface area contributed by atoms with Crippen LogP contribution in [0.4, 0.5) is 11.4 Å². The highest BCUT2D eigenvalue weighted by atomic mass is 35.5. The Labute approximate surface area is 118 Å². The van der Waals surface area contributed by atoms with E-state index in [2.05, 4.69) is 5.32 Å². The zero-order valence-corrected chi connectivity index (χ0v) is 12.5. The molecule has 0 aliphatic carbocycles. The maximum absolute atomic E-state index is 11.9. The average molecular weight is 305 g/mol. The molecule has 1 atom stereocenters. The van der Waals surface area contributed by atoms with Crippen LogP contribution in [-0.2, 0) is 14.6 Å². The van der Waals surface area contributed by atoms with Gasteiger partial charge in [-0.3, -0.25) is 4.79 Å². The first-order valence-corrected chi connectivity index (χ1v) is 7.73. The van der Waals surface area contributed by atoms with E-state index in [0.29, 0.717) is 10.7 Å². The van der Waals surface area contributed by atoms with Crippen molar-refractivity contribution >= 4 is 38.7 Å². The Hall–Kier alpha value is -1.27. The van der Waals surface area contributed by atoms with E-state index in [1.54, 1.807) is 6.07 Å². The molecule has 0 saturated heterocycles. The molecule has 0 saturated carbocycles. The number of carbonyl (C=O) groups excluding carboxylic acids is 1. The fourth-order valence-electron chi connectivity index (χ4n) is 1.44. The molecule has 1 rings (SSSR count). The van der Waals surface area contributed by atoms with Crippen molar-refractivity contribution in [2.45, 2.75) is 31.3 Å². The monoisotopic (exact) mass is 304 g/mol. The second-order valence-electron chi connectivity index (χ2n) is 4.50. The van der Waals surface area contributed by atoms with Crippen LogP contribution in [0.25, 0.3) is 0 Å². The first-order valence-electron chi connectivity index (χ1n) is 5.75. The summed E-state index contributed by atoms with van der Waals surface area (Å²) in [6, 6.07) is 4.58. The number of rotatable bonds is 4. The van der Waals surface area contributed by atoms with Gasteiger partial charge in [0.2, 0.25) is 5.91 Å². The van der Waals surface area contributed by atoms with Crippen molar-refractivity contribution in [3.05, 3.63) is 23.2 Å². The fourth-order valence-corrected chi connectivity index (χ4v) is 2.79. The van der Waals surface area contributed by atoms with Crippen molar-refractivity contribution in [1.29, 1.82) is 0 Å². The third kappa shape index (κ3) is 3.61. The molecule has 5 nitrogen and oxygen atoms in total. The maximum Gasteiger partial charge on any atom is 0.242 e. The molecule has 1 amide bonds. The van der Waals surface area contributed by atoms with Crippen molar-refractivity contribution < 1.29 is 13.2 Å². The molecule has 0 aliphatic rings. The Morgan fingerprint density at radius 2 is 1.89 bits per heavy atom. The molecule has 0 heterocycles. The number of nitrogens with two attached hydrogens (primary N) is 1. The normalized spacial score (nSPS) is 13.3. The second kappa shape index (κ2) is 5.79. The first kappa shape index (κ1) is 15.8. The van der Waals surface area contributed by atoms with Crippen molar-refractivity contribution in [2.24, 2.45) is 0 Å². The minimum absolute atomic E-state index is 0.287. The summed E-state index contributed by atoms with van der Waals surface area (Å²) in [5.41, 5.74) is 6.32. The molecule has 106 valence electrons. The number of nitrogen functional groups attached to an aromatic ring is 1. The minimum atomic E-state index is -3.50. The Bertz CT molecular complexity index is 585. The highest BCUT2D eigenvalue weighted by molar-refractivity contribution is 7.93. The average Bonchev–Trinajstić information content (AvgIpc) is 2.31. The van der Waals surface area contributed by atoms with E-state index in [1.807, 2.05) is 0 Å². The molecular formula is C12H17ClN2O3S. The van der Waals surface area contributed by atoms with Gasteiger partial charge >= 0.3 is 0 Å². The molecule has 19 heavy (non-hydrogen) atoms. The van der Waals surface area contributed by atoms with Crippen LogP contribution in [0.3, 0.4) is 0 Å². The summed E-state index contributed by atoms with van der Waals surface area (Å²) in [7, 11) is -3.50. The van der Waals surface area contributed by atoms with Crippen molar-refractivity contribution in [3.8, 4) is 0 Å². The standard InChI is InChI=1S/C12H17ClN2O3S/c1-7(2)19(17,18)8(3)12(16)15-11-5-4-9(13)6-10(11)14/h4-8H,14H2,1-3H3,(H,15,16). The summed E-state index contributed by atoms with van der Waals surface area (Å²) in [5.74, 6) is -0.609. The van der Waals surface area contributed by atoms with Gasteiger partial charge in [0, 0.05) is 5.02 Å². The number of carbonyl (C=O) groups is 1. The topological polar surface area (TPSA) is 89.3 Å². The van der Waals surface area contributed by atoms with Crippen LogP contribution in [0, 0.1) is 0 Å². The largest absolute Gasteiger partial charge is 0.397 e. The lowest BCUT2D eigenvalue weighted by molar-refractivity contribution is -0.115. The summed E-state index contributed by atoms with van der Waals surface area (Å²) >= 11 is 5.74. The Morgan fingerprint density at radius 1 is 1.32 bits per heavy atom. The van der Waals surface area contributed by atoms with E-state index in [4.69, 9.17) is 17.3 Å². The second-order valence-corrected chi connectivity index (χ2v) is 7.77. The van der Waals surface area contributed by atoms with Gasteiger partial charge in [0.25, 0.3) is 0 Å². The number of hydrogen-bond donors (Lipinski definition) is 2. The molecule has 0 aliphatic heterocycles. The van der Waals surface area contributed by atoms with Crippen LogP contribution in [0.5, 0.6) is 0 Å². The number of halogens is 1. The predicted molar refractivity (Wildman–Crippen MR) is 78.0 cm³/mol. The van der Waals surface area contributed by atoms with Crippen LogP contribution in [0.2, 0.25) is 5.02 Å². The molecule has 1 aromatic carbocycles. The van der Waals surface area contributed by atoms with Crippen LogP contribution in [-0.4, -0.2) is 24.8 Å². The molecule has 3 N–H and O–H groups in total. The summed E-state index contributed by atoms with van der Waals surface area (Å²) in [4.78, 5) is 11.9. The molecule has 0 fully saturated rings. The van der Waals surface area contributed by atoms with Gasteiger partial charge < -0.3 is 11.1 Å². The number of hydrogen-bond acceptors (Lipinski definition) is 4. The van der Waals surface area contributed by atoms with Crippen LogP contribution in [0.15, 0.2) is 18.2 Å². The van der Waals surface area contributed by atoms with E-state index in [1.165, 1.54) is 32.9 Å². The third-order valence-electron chi connectivity index (χ3n) is 2.79. The van der Waals surface area contributed by atoms with Gasteiger partial charge in [-0.15, -0.1) is 0 Å². The molecule has 7 heteroatoms. The van der Waals surface area contributed by atoms with Gasteiger partial charge in [0.05, 0.1) is 16.6 Å². The quantitative estimate of drug-likeness (QED) is 0.833. The lowest BCUT2D eigenvalue weighted by Crippen LogP contribution is -2.36. The number of anilines is 2. The summed E-state index contributed by atoms with van der Waals surface area (Å²) < 4.78 is 23.8. The van der Waals surface area contributed by atoms with Gasteiger partial charge in [0.15, 0.2) is 9.84 Å². The summed E-state index contributed by atoms with van der Waals surface area (Å²) in [6.45, 7) is 4.43. The number of sulfone groups is 1. The lowest BCUT2D eigenvalue weighted by Gasteiger charge is -2.16. The van der Waals surface area contributed by atoms with E-state index in [0.717, 1.165) is 0 Å². The molecule has 1 unspecified atom stereocenters. The van der Waals surface area contributed by atoms with Gasteiger partial charge in [-0.05, 0) is 39.0 Å². The predicted octanol–water partition coefficient (Wildman–Crippen LogP) is 2.07. The molecule has 1 aromatic rings. The molecule has 0 spiro atoms.